The van der Waals surface area contributed by atoms with Crippen molar-refractivity contribution < 1.29 is 129 Å². The molecular formula is C30H52O26. The Bertz CT molecular complexity index is 1200. The Morgan fingerprint density at radius 3 is 1.05 bits per heavy atom. The number of rotatable bonds is 13. The molecule has 0 aromatic heterocycles. The number of aliphatic hydroxyl groups is 17. The quantitative estimate of drug-likeness (QED) is 0.0819. The summed E-state index contributed by atoms with van der Waals surface area (Å²) in [5.74, 6) is 0. The van der Waals surface area contributed by atoms with Crippen molar-refractivity contribution in [1.29, 1.82) is 0 Å². The first-order valence-corrected chi connectivity index (χ1v) is 17.6. The molecule has 17 N–H and O–H groups in total. The average molecular weight is 829 g/mol. The molecule has 5 fully saturated rings. The fraction of sp³-hybridized carbons (Fsp3) is 1.00. The summed E-state index contributed by atoms with van der Waals surface area (Å²) in [4.78, 5) is 0. The van der Waals surface area contributed by atoms with Gasteiger partial charge in [0.05, 0.1) is 33.0 Å². The minimum atomic E-state index is -2.13. The van der Waals surface area contributed by atoms with Crippen molar-refractivity contribution in [3.8, 4) is 0 Å². The van der Waals surface area contributed by atoms with E-state index in [0.717, 1.165) is 0 Å². The maximum absolute atomic E-state index is 11.3. The van der Waals surface area contributed by atoms with Gasteiger partial charge in [-0.2, -0.15) is 0 Å². The van der Waals surface area contributed by atoms with Gasteiger partial charge in [-0.1, -0.05) is 0 Å². The third-order valence-electron chi connectivity index (χ3n) is 10.3. The first kappa shape index (κ1) is 46.0. The molecule has 0 aromatic carbocycles. The largest absolute Gasteiger partial charge is 0.394 e. The van der Waals surface area contributed by atoms with Crippen LogP contribution in [0.2, 0.25) is 0 Å². The molecule has 0 aliphatic carbocycles. The van der Waals surface area contributed by atoms with Crippen molar-refractivity contribution in [2.45, 2.75) is 154 Å². The lowest BCUT2D eigenvalue weighted by Crippen LogP contribution is -2.67. The molecule has 0 saturated carbocycles. The van der Waals surface area contributed by atoms with E-state index in [2.05, 4.69) is 0 Å². The monoisotopic (exact) mass is 828 g/mol. The second-order valence-corrected chi connectivity index (χ2v) is 14.0. The van der Waals surface area contributed by atoms with Crippen molar-refractivity contribution in [3.05, 3.63) is 0 Å². The minimum absolute atomic E-state index is 0.819. The molecule has 0 spiro atoms. The van der Waals surface area contributed by atoms with Crippen LogP contribution in [0.1, 0.15) is 0 Å². The minimum Gasteiger partial charge on any atom is -0.394 e. The summed E-state index contributed by atoms with van der Waals surface area (Å²) < 4.78 is 49.5. The maximum atomic E-state index is 11.3. The van der Waals surface area contributed by atoms with Crippen LogP contribution in [-0.2, 0) is 42.6 Å². The molecule has 5 aliphatic rings. The Morgan fingerprint density at radius 1 is 0.304 bits per heavy atom. The zero-order chi connectivity index (χ0) is 41.3. The van der Waals surface area contributed by atoms with E-state index in [4.69, 9.17) is 42.6 Å². The van der Waals surface area contributed by atoms with Crippen molar-refractivity contribution in [3.63, 3.8) is 0 Å². The van der Waals surface area contributed by atoms with E-state index in [1.165, 1.54) is 0 Å². The third kappa shape index (κ3) is 9.31. The van der Waals surface area contributed by atoms with Gasteiger partial charge in [-0.3, -0.25) is 0 Å². The molecule has 25 atom stereocenters. The van der Waals surface area contributed by atoms with Crippen LogP contribution in [0.5, 0.6) is 0 Å². The van der Waals surface area contributed by atoms with Gasteiger partial charge in [0.15, 0.2) is 31.5 Å². The Labute approximate surface area is 316 Å². The summed E-state index contributed by atoms with van der Waals surface area (Å²) in [5.41, 5.74) is 0. The van der Waals surface area contributed by atoms with E-state index in [1.807, 2.05) is 0 Å². The van der Waals surface area contributed by atoms with Crippen LogP contribution in [-0.4, -0.2) is 273 Å². The number of hydrogen-bond donors (Lipinski definition) is 17. The van der Waals surface area contributed by atoms with Gasteiger partial charge in [0.2, 0.25) is 0 Å². The van der Waals surface area contributed by atoms with Crippen LogP contribution >= 0.6 is 0 Å². The van der Waals surface area contributed by atoms with Gasteiger partial charge >= 0.3 is 0 Å². The fourth-order valence-electron chi connectivity index (χ4n) is 6.93. The lowest BCUT2D eigenvalue weighted by Gasteiger charge is -2.48. The molecule has 5 heterocycles. The first-order chi connectivity index (χ1) is 26.5. The lowest BCUT2D eigenvalue weighted by molar-refractivity contribution is -0.386. The molecule has 56 heavy (non-hydrogen) atoms. The molecule has 25 unspecified atom stereocenters. The van der Waals surface area contributed by atoms with Crippen LogP contribution < -0.4 is 0 Å². The molecule has 0 radical (unpaired) electrons. The zero-order valence-corrected chi connectivity index (χ0v) is 29.2. The van der Waals surface area contributed by atoms with Crippen molar-refractivity contribution >= 4 is 0 Å². The second kappa shape index (κ2) is 19.6. The summed E-state index contributed by atoms with van der Waals surface area (Å²) in [5, 5.41) is 175. The lowest BCUT2D eigenvalue weighted by atomic mass is 9.96. The Balaban J connectivity index is 1.34. The summed E-state index contributed by atoms with van der Waals surface area (Å²) >= 11 is 0. The fourth-order valence-corrected chi connectivity index (χ4v) is 6.93. The van der Waals surface area contributed by atoms with E-state index in [9.17, 15) is 86.8 Å². The molecule has 5 aliphatic heterocycles. The molecule has 0 aromatic rings. The SMILES string of the molecule is OCC1OC(OC2C(CO)OC(OCC3OC(OC4C(CO)OC(O)C(O)C4O)C(O)C(O)C3OC3OC(CO)C(O)C(O)C3O)C(O)C2O)C(O)C(O)C1O. The molecule has 26 heteroatoms. The standard InChI is InChI=1S/C30H52O26/c31-1-6-11(35)13(37)19(43)28(50-6)55-24-9(4-34)52-27(21(45)16(24)40)48-5-10-25(56-29-20(44)14(38)12(36)7(2-32)51-29)17(41)22(46)30(53-10)54-23-8(3-33)49-26(47)18(42)15(23)39/h6-47H,1-5H2. The van der Waals surface area contributed by atoms with Gasteiger partial charge in [0.1, 0.15) is 122 Å². The Hall–Kier alpha value is -1.04. The number of ether oxygens (including phenoxy) is 9. The smallest absolute Gasteiger partial charge is 0.187 e. The predicted molar refractivity (Wildman–Crippen MR) is 167 cm³/mol. The number of aliphatic hydroxyl groups excluding tert-OH is 17. The van der Waals surface area contributed by atoms with Crippen LogP contribution in [0.25, 0.3) is 0 Å². The van der Waals surface area contributed by atoms with Crippen molar-refractivity contribution in [2.24, 2.45) is 0 Å². The van der Waals surface area contributed by atoms with Crippen LogP contribution in [0, 0.1) is 0 Å². The summed E-state index contributed by atoms with van der Waals surface area (Å²) in [6.45, 7) is -4.39. The summed E-state index contributed by atoms with van der Waals surface area (Å²) in [6, 6.07) is 0. The van der Waals surface area contributed by atoms with Gasteiger partial charge < -0.3 is 129 Å². The van der Waals surface area contributed by atoms with Gasteiger partial charge in [-0.15, -0.1) is 0 Å². The van der Waals surface area contributed by atoms with Gasteiger partial charge in [0, 0.05) is 0 Å². The molecule has 0 amide bonds. The highest BCUT2D eigenvalue weighted by molar-refractivity contribution is 4.98. The van der Waals surface area contributed by atoms with E-state index >= 15 is 0 Å². The third-order valence-corrected chi connectivity index (χ3v) is 10.3. The van der Waals surface area contributed by atoms with E-state index in [1.54, 1.807) is 0 Å². The maximum Gasteiger partial charge on any atom is 0.187 e. The topological polar surface area (TPSA) is 427 Å². The van der Waals surface area contributed by atoms with Crippen LogP contribution in [0.4, 0.5) is 0 Å². The molecular weight excluding hydrogens is 776 g/mol. The molecule has 26 nitrogen and oxygen atoms in total. The van der Waals surface area contributed by atoms with Crippen molar-refractivity contribution in [2.75, 3.05) is 33.0 Å². The second-order valence-electron chi connectivity index (χ2n) is 14.0. The summed E-state index contributed by atoms with van der Waals surface area (Å²) in [6.07, 6.45) is -46.2. The van der Waals surface area contributed by atoms with Crippen molar-refractivity contribution in [1.82, 2.24) is 0 Å². The highest BCUT2D eigenvalue weighted by atomic mass is 16.8. The Kier molecular flexibility index (Phi) is 16.1. The normalized spacial score (nSPS) is 53.2. The average Bonchev–Trinajstić information content (AvgIpc) is 3.19. The van der Waals surface area contributed by atoms with Gasteiger partial charge in [-0.05, 0) is 0 Å². The highest BCUT2D eigenvalue weighted by Gasteiger charge is 2.55. The van der Waals surface area contributed by atoms with Crippen LogP contribution in [0.15, 0.2) is 0 Å². The van der Waals surface area contributed by atoms with E-state index in [-0.39, 0.29) is 0 Å². The highest BCUT2D eigenvalue weighted by Crippen LogP contribution is 2.34. The molecule has 5 saturated heterocycles. The molecule has 328 valence electrons. The summed E-state index contributed by atoms with van der Waals surface area (Å²) in [7, 11) is 0. The predicted octanol–water partition coefficient (Wildman–Crippen LogP) is -11.9. The van der Waals surface area contributed by atoms with Gasteiger partial charge in [0.25, 0.3) is 0 Å². The first-order valence-electron chi connectivity index (χ1n) is 17.6. The van der Waals surface area contributed by atoms with E-state index < -0.39 is 187 Å². The Morgan fingerprint density at radius 2 is 0.625 bits per heavy atom. The number of hydrogen-bond acceptors (Lipinski definition) is 26. The van der Waals surface area contributed by atoms with E-state index in [0.29, 0.717) is 0 Å². The van der Waals surface area contributed by atoms with Crippen LogP contribution in [0.3, 0.4) is 0 Å². The zero-order valence-electron chi connectivity index (χ0n) is 29.2. The molecule has 0 bridgehead atoms. The van der Waals surface area contributed by atoms with Gasteiger partial charge in [-0.25, -0.2) is 0 Å². The molecule has 5 rings (SSSR count).